The van der Waals surface area contributed by atoms with E-state index in [9.17, 15) is 4.39 Å². The predicted octanol–water partition coefficient (Wildman–Crippen LogP) is 5.36. The van der Waals surface area contributed by atoms with E-state index < -0.39 is 5.82 Å². The Hall–Kier alpha value is -1.23. The van der Waals surface area contributed by atoms with Gasteiger partial charge in [0.25, 0.3) is 0 Å². The monoisotopic (exact) mass is 333 g/mol. The van der Waals surface area contributed by atoms with E-state index in [1.165, 1.54) is 18.2 Å². The maximum Gasteiger partial charge on any atom is 0.151 e. The highest BCUT2D eigenvalue weighted by atomic mass is 35.5. The van der Waals surface area contributed by atoms with Crippen LogP contribution >= 0.6 is 34.8 Å². The van der Waals surface area contributed by atoms with Crippen molar-refractivity contribution in [3.8, 4) is 0 Å². The summed E-state index contributed by atoms with van der Waals surface area (Å²) in [6.45, 7) is 2.57. The predicted molar refractivity (Wildman–Crippen MR) is 83.1 cm³/mol. The Labute approximate surface area is 131 Å². The molecular formula is C13H11Cl3FN3. The van der Waals surface area contributed by atoms with Crippen molar-refractivity contribution in [3.63, 3.8) is 0 Å². The van der Waals surface area contributed by atoms with Crippen LogP contribution in [0.4, 0.5) is 21.7 Å². The molecule has 3 nitrogen and oxygen atoms in total. The molecular weight excluding hydrogens is 324 g/mol. The van der Waals surface area contributed by atoms with Gasteiger partial charge in [-0.25, -0.2) is 9.37 Å². The fraction of sp³-hybridized carbons (Fsp3) is 0.154. The zero-order valence-electron chi connectivity index (χ0n) is 10.5. The largest absolute Gasteiger partial charge is 0.369 e. The van der Waals surface area contributed by atoms with Crippen molar-refractivity contribution < 1.29 is 4.39 Å². The standard InChI is InChI=1S/C13H11Cl3FN3/c1-2-18-12-8(15)6-9(16)13(20-12)19-11-5-7(14)3-4-10(11)17/h3-6H,2H2,1H3,(H2,18,19,20). The van der Waals surface area contributed by atoms with Crippen LogP contribution < -0.4 is 10.6 Å². The third kappa shape index (κ3) is 3.45. The molecule has 0 amide bonds. The Morgan fingerprint density at radius 2 is 1.80 bits per heavy atom. The van der Waals surface area contributed by atoms with Gasteiger partial charge in [-0.05, 0) is 31.2 Å². The number of pyridine rings is 1. The van der Waals surface area contributed by atoms with E-state index in [-0.39, 0.29) is 10.7 Å². The molecule has 0 spiro atoms. The van der Waals surface area contributed by atoms with E-state index >= 15 is 0 Å². The summed E-state index contributed by atoms with van der Waals surface area (Å²) in [6, 6.07) is 5.72. The lowest BCUT2D eigenvalue weighted by Crippen LogP contribution is -2.04. The zero-order chi connectivity index (χ0) is 14.7. The SMILES string of the molecule is CCNc1nc(Nc2cc(Cl)ccc2F)c(Cl)cc1Cl. The van der Waals surface area contributed by atoms with Gasteiger partial charge < -0.3 is 10.6 Å². The molecule has 20 heavy (non-hydrogen) atoms. The summed E-state index contributed by atoms with van der Waals surface area (Å²) in [7, 11) is 0. The summed E-state index contributed by atoms with van der Waals surface area (Å²) >= 11 is 17.9. The number of hydrogen-bond acceptors (Lipinski definition) is 3. The van der Waals surface area contributed by atoms with Crippen molar-refractivity contribution in [1.82, 2.24) is 4.98 Å². The van der Waals surface area contributed by atoms with Crippen LogP contribution in [-0.2, 0) is 0 Å². The highest BCUT2D eigenvalue weighted by Gasteiger charge is 2.11. The summed E-state index contributed by atoms with van der Waals surface area (Å²) in [6.07, 6.45) is 0. The Kier molecular flexibility index (Phi) is 4.91. The van der Waals surface area contributed by atoms with Gasteiger partial charge in [-0.15, -0.1) is 0 Å². The van der Waals surface area contributed by atoms with Crippen molar-refractivity contribution >= 4 is 52.1 Å². The van der Waals surface area contributed by atoms with E-state index in [0.717, 1.165) is 0 Å². The lowest BCUT2D eigenvalue weighted by Gasteiger charge is -2.12. The minimum atomic E-state index is -0.452. The second-order valence-corrected chi connectivity index (χ2v) is 5.18. The van der Waals surface area contributed by atoms with Crippen LogP contribution in [-0.4, -0.2) is 11.5 Å². The quantitative estimate of drug-likeness (QED) is 0.790. The van der Waals surface area contributed by atoms with E-state index in [1.807, 2.05) is 6.92 Å². The van der Waals surface area contributed by atoms with Gasteiger partial charge in [-0.1, -0.05) is 34.8 Å². The van der Waals surface area contributed by atoms with Crippen LogP contribution in [0, 0.1) is 5.82 Å². The average molecular weight is 335 g/mol. The van der Waals surface area contributed by atoms with Crippen LogP contribution in [0.15, 0.2) is 24.3 Å². The molecule has 0 aliphatic heterocycles. The number of nitrogens with one attached hydrogen (secondary N) is 2. The maximum atomic E-state index is 13.7. The molecule has 0 aliphatic rings. The second kappa shape index (κ2) is 6.48. The van der Waals surface area contributed by atoms with Gasteiger partial charge in [-0.3, -0.25) is 0 Å². The molecule has 106 valence electrons. The van der Waals surface area contributed by atoms with Gasteiger partial charge in [0.15, 0.2) is 5.82 Å². The Morgan fingerprint density at radius 3 is 2.50 bits per heavy atom. The highest BCUT2D eigenvalue weighted by Crippen LogP contribution is 2.32. The molecule has 7 heteroatoms. The van der Waals surface area contributed by atoms with E-state index in [4.69, 9.17) is 34.8 Å². The third-order valence-electron chi connectivity index (χ3n) is 2.46. The highest BCUT2D eigenvalue weighted by molar-refractivity contribution is 6.37. The van der Waals surface area contributed by atoms with Crippen molar-refractivity contribution in [1.29, 1.82) is 0 Å². The Balaban J connectivity index is 2.37. The molecule has 0 radical (unpaired) electrons. The Morgan fingerprint density at radius 1 is 1.10 bits per heavy atom. The number of hydrogen-bond donors (Lipinski definition) is 2. The molecule has 2 N–H and O–H groups in total. The fourth-order valence-corrected chi connectivity index (χ4v) is 2.21. The molecule has 0 bridgehead atoms. The van der Waals surface area contributed by atoms with Gasteiger partial charge in [-0.2, -0.15) is 0 Å². The number of rotatable bonds is 4. The molecule has 0 atom stereocenters. The molecule has 0 saturated heterocycles. The number of anilines is 3. The normalized spacial score (nSPS) is 10.4. The number of benzene rings is 1. The van der Waals surface area contributed by atoms with Gasteiger partial charge in [0.05, 0.1) is 15.7 Å². The van der Waals surface area contributed by atoms with Crippen molar-refractivity contribution in [3.05, 3.63) is 45.2 Å². The number of aromatic nitrogens is 1. The van der Waals surface area contributed by atoms with Crippen molar-refractivity contribution in [2.75, 3.05) is 17.2 Å². The van der Waals surface area contributed by atoms with Crippen LogP contribution in [0.1, 0.15) is 6.92 Å². The molecule has 0 saturated carbocycles. The number of nitrogens with zero attached hydrogens (tertiary/aromatic N) is 1. The molecule has 0 aliphatic carbocycles. The average Bonchev–Trinajstić information content (AvgIpc) is 2.39. The van der Waals surface area contributed by atoms with Crippen LogP contribution in [0.3, 0.4) is 0 Å². The summed E-state index contributed by atoms with van der Waals surface area (Å²) in [4.78, 5) is 4.23. The fourth-order valence-electron chi connectivity index (χ4n) is 1.57. The zero-order valence-corrected chi connectivity index (χ0v) is 12.7. The number of halogens is 4. The summed E-state index contributed by atoms with van der Waals surface area (Å²) in [5.74, 6) is 0.323. The molecule has 2 rings (SSSR count). The topological polar surface area (TPSA) is 37.0 Å². The van der Waals surface area contributed by atoms with E-state index in [1.54, 1.807) is 6.07 Å². The van der Waals surface area contributed by atoms with Crippen molar-refractivity contribution in [2.24, 2.45) is 0 Å². The molecule has 1 aromatic heterocycles. The smallest absolute Gasteiger partial charge is 0.151 e. The molecule has 0 unspecified atom stereocenters. The van der Waals surface area contributed by atoms with E-state index in [2.05, 4.69) is 15.6 Å². The van der Waals surface area contributed by atoms with Gasteiger partial charge in [0.2, 0.25) is 0 Å². The second-order valence-electron chi connectivity index (χ2n) is 3.93. The third-order valence-corrected chi connectivity index (χ3v) is 3.27. The van der Waals surface area contributed by atoms with Crippen LogP contribution in [0.5, 0.6) is 0 Å². The molecule has 1 heterocycles. The van der Waals surface area contributed by atoms with Gasteiger partial charge in [0.1, 0.15) is 11.6 Å². The summed E-state index contributed by atoms with van der Waals surface area (Å²) < 4.78 is 13.7. The lowest BCUT2D eigenvalue weighted by molar-refractivity contribution is 0.632. The van der Waals surface area contributed by atoms with Crippen LogP contribution in [0.2, 0.25) is 15.1 Å². The minimum absolute atomic E-state index is 0.191. The minimum Gasteiger partial charge on any atom is -0.369 e. The Bertz CT molecular complexity index is 634. The molecule has 1 aromatic carbocycles. The lowest BCUT2D eigenvalue weighted by atomic mass is 10.3. The van der Waals surface area contributed by atoms with Crippen molar-refractivity contribution in [2.45, 2.75) is 6.92 Å². The van der Waals surface area contributed by atoms with E-state index in [0.29, 0.717) is 28.2 Å². The first-order chi connectivity index (χ1) is 9.51. The molecule has 0 fully saturated rings. The first-order valence-electron chi connectivity index (χ1n) is 5.83. The summed E-state index contributed by atoms with van der Waals surface area (Å²) in [5.41, 5.74) is 0.191. The maximum absolute atomic E-state index is 13.7. The first-order valence-corrected chi connectivity index (χ1v) is 6.96. The van der Waals surface area contributed by atoms with Crippen LogP contribution in [0.25, 0.3) is 0 Å². The summed E-state index contributed by atoms with van der Waals surface area (Å²) in [5, 5.41) is 6.89. The van der Waals surface area contributed by atoms with Gasteiger partial charge >= 0.3 is 0 Å². The van der Waals surface area contributed by atoms with Gasteiger partial charge in [0, 0.05) is 11.6 Å². The molecule has 2 aromatic rings. The first kappa shape index (κ1) is 15.2.